The van der Waals surface area contributed by atoms with Gasteiger partial charge in [0.05, 0.1) is 18.6 Å². The molecule has 0 spiro atoms. The molecule has 0 saturated carbocycles. The van der Waals surface area contributed by atoms with E-state index in [4.69, 9.17) is 0 Å². The fourth-order valence-electron chi connectivity index (χ4n) is 2.12. The van der Waals surface area contributed by atoms with Gasteiger partial charge >= 0.3 is 5.97 Å². The van der Waals surface area contributed by atoms with E-state index in [-0.39, 0.29) is 18.3 Å². The van der Waals surface area contributed by atoms with Gasteiger partial charge in [-0.05, 0) is 28.6 Å². The van der Waals surface area contributed by atoms with E-state index in [0.29, 0.717) is 21.6 Å². The van der Waals surface area contributed by atoms with E-state index in [0.717, 1.165) is 5.56 Å². The third-order valence-electron chi connectivity index (χ3n) is 3.29. The van der Waals surface area contributed by atoms with E-state index in [1.165, 1.54) is 7.11 Å². The van der Waals surface area contributed by atoms with Crippen molar-refractivity contribution in [2.75, 3.05) is 12.4 Å². The zero-order valence-electron chi connectivity index (χ0n) is 12.4. The van der Waals surface area contributed by atoms with Gasteiger partial charge in [0.15, 0.2) is 0 Å². The van der Waals surface area contributed by atoms with Crippen LogP contribution in [0.1, 0.15) is 5.56 Å². The molecule has 7 nitrogen and oxygen atoms in total. The lowest BCUT2D eigenvalue weighted by atomic mass is 10.1. The van der Waals surface area contributed by atoms with Crippen LogP contribution in [0.3, 0.4) is 0 Å². The second-order valence-electron chi connectivity index (χ2n) is 4.87. The number of ether oxygens (including phenoxy) is 1. The van der Waals surface area contributed by atoms with Crippen LogP contribution >= 0.6 is 0 Å². The summed E-state index contributed by atoms with van der Waals surface area (Å²) in [7, 11) is 1.35. The molecule has 3 aromatic rings. The van der Waals surface area contributed by atoms with Crippen molar-refractivity contribution in [3.8, 4) is 0 Å². The van der Waals surface area contributed by atoms with Gasteiger partial charge in [-0.15, -0.1) is 0 Å². The molecule has 1 N–H and O–H groups in total. The summed E-state index contributed by atoms with van der Waals surface area (Å²) in [4.78, 5) is 16.1. The summed E-state index contributed by atoms with van der Waals surface area (Å²) >= 11 is 0. The van der Waals surface area contributed by atoms with Crippen molar-refractivity contribution < 1.29 is 14.4 Å². The number of hydrogen-bond donors (Lipinski definition) is 1. The standard InChI is InChI=1S/C16H14N4O3/c1-23-15(21)10-11-6-8-12(9-7-11)17-16-18-13-4-2-3-5-14(13)20(22)19-16/h2-9H,10H2,1H3,(H,17,18,19). The molecule has 1 heterocycles. The van der Waals surface area contributed by atoms with Gasteiger partial charge in [-0.2, -0.15) is 0 Å². The zero-order valence-corrected chi connectivity index (χ0v) is 12.4. The van der Waals surface area contributed by atoms with Crippen molar-refractivity contribution >= 4 is 28.6 Å². The van der Waals surface area contributed by atoms with E-state index < -0.39 is 0 Å². The average Bonchev–Trinajstić information content (AvgIpc) is 2.56. The largest absolute Gasteiger partial charge is 0.594 e. The minimum absolute atomic E-state index is 0.208. The zero-order chi connectivity index (χ0) is 16.2. The quantitative estimate of drug-likeness (QED) is 0.448. The van der Waals surface area contributed by atoms with Crippen LogP contribution in [-0.4, -0.2) is 23.2 Å². The molecular formula is C16H14N4O3. The van der Waals surface area contributed by atoms with Gasteiger partial charge in [0.2, 0.25) is 0 Å². The molecule has 0 bridgehead atoms. The van der Waals surface area contributed by atoms with Crippen LogP contribution in [0.2, 0.25) is 0 Å². The third kappa shape index (κ3) is 3.34. The molecule has 3 rings (SSSR count). The second-order valence-corrected chi connectivity index (χ2v) is 4.87. The molecule has 0 saturated heterocycles. The first-order valence-corrected chi connectivity index (χ1v) is 6.95. The lowest BCUT2D eigenvalue weighted by Crippen LogP contribution is -2.33. The summed E-state index contributed by atoms with van der Waals surface area (Å²) < 4.78 is 4.62. The molecule has 0 radical (unpaired) electrons. The smallest absolute Gasteiger partial charge is 0.309 e. The molecule has 23 heavy (non-hydrogen) atoms. The van der Waals surface area contributed by atoms with Crippen LogP contribution in [0.5, 0.6) is 0 Å². The molecule has 0 aliphatic carbocycles. The average molecular weight is 310 g/mol. The van der Waals surface area contributed by atoms with Gasteiger partial charge in [0.1, 0.15) is 5.52 Å². The number of hydrogen-bond acceptors (Lipinski definition) is 6. The maximum absolute atomic E-state index is 11.9. The first-order valence-electron chi connectivity index (χ1n) is 6.95. The Balaban J connectivity index is 1.80. The van der Waals surface area contributed by atoms with Crippen molar-refractivity contribution in [2.45, 2.75) is 6.42 Å². The molecule has 2 aromatic carbocycles. The fraction of sp³-hybridized carbons (Fsp3) is 0.125. The highest BCUT2D eigenvalue weighted by Gasteiger charge is 2.10. The van der Waals surface area contributed by atoms with Crippen molar-refractivity contribution in [1.82, 2.24) is 10.1 Å². The van der Waals surface area contributed by atoms with Gasteiger partial charge in [0, 0.05) is 11.8 Å². The first kappa shape index (κ1) is 14.7. The van der Waals surface area contributed by atoms with Gasteiger partial charge in [-0.1, -0.05) is 24.3 Å². The Morgan fingerprint density at radius 3 is 2.70 bits per heavy atom. The summed E-state index contributed by atoms with van der Waals surface area (Å²) in [5, 5.41) is 18.7. The summed E-state index contributed by atoms with van der Waals surface area (Å²) in [6.45, 7) is 0. The number of anilines is 2. The Labute approximate surface area is 132 Å². The Morgan fingerprint density at radius 2 is 1.96 bits per heavy atom. The Morgan fingerprint density at radius 1 is 1.22 bits per heavy atom. The van der Waals surface area contributed by atoms with Crippen LogP contribution in [0, 0.1) is 5.21 Å². The van der Waals surface area contributed by atoms with E-state index in [2.05, 4.69) is 20.1 Å². The molecule has 1 aromatic heterocycles. The highest BCUT2D eigenvalue weighted by atomic mass is 16.5. The SMILES string of the molecule is COC(=O)Cc1ccc(Nc2nc3ccccc3[n+]([O-])n2)cc1. The van der Waals surface area contributed by atoms with Gasteiger partial charge in [-0.3, -0.25) is 4.79 Å². The van der Waals surface area contributed by atoms with E-state index in [9.17, 15) is 10.0 Å². The van der Waals surface area contributed by atoms with E-state index >= 15 is 0 Å². The second kappa shape index (κ2) is 6.27. The third-order valence-corrected chi connectivity index (χ3v) is 3.29. The van der Waals surface area contributed by atoms with Crippen LogP contribution in [0.25, 0.3) is 11.0 Å². The topological polar surface area (TPSA) is 91.0 Å². The molecule has 0 unspecified atom stereocenters. The van der Waals surface area contributed by atoms with Crippen LogP contribution in [0.15, 0.2) is 48.5 Å². The Bertz CT molecular complexity index is 850. The summed E-state index contributed by atoms with van der Waals surface area (Å²) in [5.41, 5.74) is 2.52. The highest BCUT2D eigenvalue weighted by molar-refractivity contribution is 5.73. The molecular weight excluding hydrogens is 296 g/mol. The molecule has 0 fully saturated rings. The van der Waals surface area contributed by atoms with Gasteiger partial charge in [0.25, 0.3) is 11.5 Å². The van der Waals surface area contributed by atoms with Crippen LogP contribution in [0.4, 0.5) is 11.6 Å². The number of rotatable bonds is 4. The lowest BCUT2D eigenvalue weighted by molar-refractivity contribution is -0.641. The highest BCUT2D eigenvalue weighted by Crippen LogP contribution is 2.15. The maximum atomic E-state index is 11.9. The Kier molecular flexibility index (Phi) is 4.01. The molecule has 0 aliphatic heterocycles. The van der Waals surface area contributed by atoms with Crippen molar-refractivity contribution in [2.24, 2.45) is 0 Å². The maximum Gasteiger partial charge on any atom is 0.309 e. The van der Waals surface area contributed by atoms with Crippen molar-refractivity contribution in [3.05, 3.63) is 59.3 Å². The molecule has 0 aliphatic rings. The number of carbonyl (C=O) groups is 1. The van der Waals surface area contributed by atoms with Crippen molar-refractivity contribution in [1.29, 1.82) is 0 Å². The molecule has 7 heteroatoms. The molecule has 0 amide bonds. The van der Waals surface area contributed by atoms with Crippen LogP contribution < -0.4 is 10.2 Å². The first-order chi connectivity index (χ1) is 11.2. The summed E-state index contributed by atoms with van der Waals surface area (Å²) in [5.74, 6) is -0.0876. The van der Waals surface area contributed by atoms with Crippen LogP contribution in [-0.2, 0) is 16.0 Å². The minimum atomic E-state index is -0.295. The number of aromatic nitrogens is 3. The summed E-state index contributed by atoms with van der Waals surface area (Å²) in [6, 6.07) is 14.1. The summed E-state index contributed by atoms with van der Waals surface area (Å²) in [6.07, 6.45) is 0.212. The number of carbonyl (C=O) groups excluding carboxylic acids is 1. The minimum Gasteiger partial charge on any atom is -0.594 e. The van der Waals surface area contributed by atoms with Gasteiger partial charge < -0.3 is 15.3 Å². The van der Waals surface area contributed by atoms with E-state index in [1.54, 1.807) is 48.5 Å². The number of methoxy groups -OCH3 is 1. The number of benzene rings is 2. The van der Waals surface area contributed by atoms with Gasteiger partial charge in [-0.25, -0.2) is 4.98 Å². The lowest BCUT2D eigenvalue weighted by Gasteiger charge is -2.06. The van der Waals surface area contributed by atoms with Crippen molar-refractivity contribution in [3.63, 3.8) is 0 Å². The number of para-hydroxylation sites is 2. The predicted octanol–water partition coefficient (Wildman–Crippen LogP) is 1.72. The van der Waals surface area contributed by atoms with E-state index in [1.807, 2.05) is 0 Å². The molecule has 0 atom stereocenters. The number of esters is 1. The number of nitrogens with one attached hydrogen (secondary N) is 1. The normalized spacial score (nSPS) is 10.5. The fourth-order valence-corrected chi connectivity index (χ4v) is 2.12. The number of fused-ring (bicyclic) bond motifs is 1. The number of nitrogens with zero attached hydrogens (tertiary/aromatic N) is 3. The Hall–Kier alpha value is -3.22. The predicted molar refractivity (Wildman–Crippen MR) is 83.9 cm³/mol. The molecule has 116 valence electrons. The monoisotopic (exact) mass is 310 g/mol.